The van der Waals surface area contributed by atoms with Gasteiger partial charge >= 0.3 is 5.97 Å². The van der Waals surface area contributed by atoms with Crippen molar-refractivity contribution < 1.29 is 20.1 Å². The third kappa shape index (κ3) is 2.15. The van der Waals surface area contributed by atoms with Crippen LogP contribution in [0.5, 0.6) is 0 Å². The maximum atomic E-state index is 10.3. The molecule has 0 aliphatic heterocycles. The number of hydrogen-bond donors (Lipinski definition) is 4. The van der Waals surface area contributed by atoms with Crippen LogP contribution in [0, 0.1) is 0 Å². The first-order valence-corrected chi connectivity index (χ1v) is 3.70. The summed E-state index contributed by atoms with van der Waals surface area (Å²) in [6, 6.07) is 2.64. The van der Waals surface area contributed by atoms with Crippen molar-refractivity contribution in [3.63, 3.8) is 0 Å². The third-order valence-electron chi connectivity index (χ3n) is 1.56. The number of anilines is 1. The standard InChI is InChI=1S/C7H9N3O4/c8-4-2-1-3(9-10-4)5(11)6(12)7(13)14/h1-2,5-6,11-12H,(H2,8,10)(H,13,14). The van der Waals surface area contributed by atoms with Gasteiger partial charge in [-0.25, -0.2) is 4.79 Å². The number of nitrogens with zero attached hydrogens (tertiary/aromatic N) is 2. The van der Waals surface area contributed by atoms with E-state index in [9.17, 15) is 9.90 Å². The molecule has 7 nitrogen and oxygen atoms in total. The smallest absolute Gasteiger partial charge is 0.335 e. The van der Waals surface area contributed by atoms with Gasteiger partial charge in [0.05, 0.1) is 5.69 Å². The number of carbonyl (C=O) groups is 1. The van der Waals surface area contributed by atoms with Crippen molar-refractivity contribution in [2.75, 3.05) is 5.73 Å². The molecule has 1 heterocycles. The maximum absolute atomic E-state index is 10.3. The van der Waals surface area contributed by atoms with Gasteiger partial charge in [-0.1, -0.05) is 0 Å². The average molecular weight is 199 g/mol. The molecule has 5 N–H and O–H groups in total. The first kappa shape index (κ1) is 10.4. The number of hydrogen-bond acceptors (Lipinski definition) is 6. The summed E-state index contributed by atoms with van der Waals surface area (Å²) >= 11 is 0. The molecule has 7 heteroatoms. The molecule has 0 spiro atoms. The van der Waals surface area contributed by atoms with Crippen LogP contribution in [0.4, 0.5) is 5.82 Å². The van der Waals surface area contributed by atoms with Crippen molar-refractivity contribution in [1.82, 2.24) is 10.2 Å². The Labute approximate surface area is 78.8 Å². The van der Waals surface area contributed by atoms with Gasteiger partial charge in [0.2, 0.25) is 0 Å². The molecule has 2 atom stereocenters. The molecule has 0 aromatic carbocycles. The SMILES string of the molecule is Nc1ccc(C(O)C(O)C(=O)O)nn1. The van der Waals surface area contributed by atoms with Crippen LogP contribution in [0.15, 0.2) is 12.1 Å². The molecule has 76 valence electrons. The normalized spacial score (nSPS) is 14.7. The molecule has 0 fully saturated rings. The van der Waals surface area contributed by atoms with E-state index in [0.29, 0.717) is 0 Å². The van der Waals surface area contributed by atoms with Crippen molar-refractivity contribution >= 4 is 11.8 Å². The molecule has 1 aromatic heterocycles. The Morgan fingerprint density at radius 2 is 2.00 bits per heavy atom. The Bertz CT molecular complexity index is 326. The third-order valence-corrected chi connectivity index (χ3v) is 1.56. The molecule has 0 bridgehead atoms. The zero-order valence-corrected chi connectivity index (χ0v) is 7.03. The van der Waals surface area contributed by atoms with Crippen LogP contribution in [-0.2, 0) is 4.79 Å². The topological polar surface area (TPSA) is 130 Å². The summed E-state index contributed by atoms with van der Waals surface area (Å²) in [5.41, 5.74) is 5.18. The van der Waals surface area contributed by atoms with Gasteiger partial charge in [-0.3, -0.25) is 0 Å². The molecule has 0 aliphatic carbocycles. The van der Waals surface area contributed by atoms with E-state index in [1.807, 2.05) is 0 Å². The van der Waals surface area contributed by atoms with Crippen LogP contribution in [0.2, 0.25) is 0 Å². The number of nitrogens with two attached hydrogens (primary N) is 1. The fraction of sp³-hybridized carbons (Fsp3) is 0.286. The zero-order chi connectivity index (χ0) is 10.7. The van der Waals surface area contributed by atoms with Crippen molar-refractivity contribution in [2.24, 2.45) is 0 Å². The predicted octanol–water partition coefficient (Wildman–Crippen LogP) is -1.46. The molecule has 14 heavy (non-hydrogen) atoms. The highest BCUT2D eigenvalue weighted by Crippen LogP contribution is 2.14. The molecule has 0 radical (unpaired) electrons. The Balaban J connectivity index is 2.84. The Hall–Kier alpha value is -1.73. The summed E-state index contributed by atoms with van der Waals surface area (Å²) in [5, 5.41) is 33.5. The number of aliphatic hydroxyl groups excluding tert-OH is 2. The van der Waals surface area contributed by atoms with Crippen LogP contribution >= 0.6 is 0 Å². The van der Waals surface area contributed by atoms with Crippen LogP contribution in [0.1, 0.15) is 11.8 Å². The van der Waals surface area contributed by atoms with E-state index in [1.165, 1.54) is 12.1 Å². The summed E-state index contributed by atoms with van der Waals surface area (Å²) in [4.78, 5) is 10.3. The lowest BCUT2D eigenvalue weighted by molar-refractivity contribution is -0.153. The average Bonchev–Trinajstić information content (AvgIpc) is 2.16. The van der Waals surface area contributed by atoms with Gasteiger partial charge in [0.15, 0.2) is 6.10 Å². The van der Waals surface area contributed by atoms with Crippen LogP contribution < -0.4 is 5.73 Å². The van der Waals surface area contributed by atoms with Crippen LogP contribution in [0.25, 0.3) is 0 Å². The van der Waals surface area contributed by atoms with Gasteiger partial charge in [0.1, 0.15) is 11.9 Å². The lowest BCUT2D eigenvalue weighted by Gasteiger charge is -2.12. The molecular formula is C7H9N3O4. The molecule has 1 rings (SSSR count). The fourth-order valence-corrected chi connectivity index (χ4v) is 0.807. The van der Waals surface area contributed by atoms with Crippen molar-refractivity contribution in [3.8, 4) is 0 Å². The monoisotopic (exact) mass is 199 g/mol. The van der Waals surface area contributed by atoms with Gasteiger partial charge in [0, 0.05) is 0 Å². The largest absolute Gasteiger partial charge is 0.479 e. The zero-order valence-electron chi connectivity index (χ0n) is 7.03. The number of carboxylic acids is 1. The minimum atomic E-state index is -1.92. The summed E-state index contributed by atoms with van der Waals surface area (Å²) in [6.45, 7) is 0. The summed E-state index contributed by atoms with van der Waals surface area (Å²) in [6.07, 6.45) is -3.53. The highest BCUT2D eigenvalue weighted by molar-refractivity contribution is 5.72. The number of nitrogen functional groups attached to an aromatic ring is 1. The van der Waals surface area contributed by atoms with Crippen LogP contribution in [-0.4, -0.2) is 37.6 Å². The van der Waals surface area contributed by atoms with Gasteiger partial charge in [-0.2, -0.15) is 5.10 Å². The second-order valence-electron chi connectivity index (χ2n) is 2.61. The number of aromatic nitrogens is 2. The quantitative estimate of drug-likeness (QED) is 0.468. The number of carboxylic acid groups (broad SMARTS) is 1. The molecule has 0 aliphatic rings. The van der Waals surface area contributed by atoms with E-state index < -0.39 is 18.2 Å². The van der Waals surface area contributed by atoms with Crippen molar-refractivity contribution in [1.29, 1.82) is 0 Å². The van der Waals surface area contributed by atoms with Gasteiger partial charge in [0.25, 0.3) is 0 Å². The molecule has 0 amide bonds. The van der Waals surface area contributed by atoms with Crippen LogP contribution in [0.3, 0.4) is 0 Å². The van der Waals surface area contributed by atoms with Gasteiger partial charge in [-0.05, 0) is 12.1 Å². The van der Waals surface area contributed by atoms with Crippen molar-refractivity contribution in [3.05, 3.63) is 17.8 Å². The van der Waals surface area contributed by atoms with E-state index >= 15 is 0 Å². The van der Waals surface area contributed by atoms with E-state index in [-0.39, 0.29) is 11.5 Å². The number of aliphatic carboxylic acids is 1. The lowest BCUT2D eigenvalue weighted by atomic mass is 10.1. The van der Waals surface area contributed by atoms with E-state index in [4.69, 9.17) is 15.9 Å². The summed E-state index contributed by atoms with van der Waals surface area (Å²) < 4.78 is 0. The highest BCUT2D eigenvalue weighted by atomic mass is 16.4. The Morgan fingerprint density at radius 1 is 1.36 bits per heavy atom. The van der Waals surface area contributed by atoms with E-state index in [0.717, 1.165) is 0 Å². The first-order chi connectivity index (χ1) is 6.52. The molecule has 0 saturated heterocycles. The fourth-order valence-electron chi connectivity index (χ4n) is 0.807. The minimum Gasteiger partial charge on any atom is -0.479 e. The Morgan fingerprint density at radius 3 is 2.43 bits per heavy atom. The Kier molecular flexibility index (Phi) is 2.95. The first-order valence-electron chi connectivity index (χ1n) is 3.70. The highest BCUT2D eigenvalue weighted by Gasteiger charge is 2.26. The predicted molar refractivity (Wildman–Crippen MR) is 45.0 cm³/mol. The van der Waals surface area contributed by atoms with Gasteiger partial charge in [-0.15, -0.1) is 5.10 Å². The number of rotatable bonds is 3. The summed E-state index contributed by atoms with van der Waals surface area (Å²) in [5.74, 6) is -1.39. The molecule has 1 aromatic rings. The molecule has 0 saturated carbocycles. The second kappa shape index (κ2) is 3.99. The van der Waals surface area contributed by atoms with E-state index in [2.05, 4.69) is 10.2 Å². The maximum Gasteiger partial charge on any atom is 0.335 e. The lowest BCUT2D eigenvalue weighted by Crippen LogP contribution is -2.28. The van der Waals surface area contributed by atoms with Gasteiger partial charge < -0.3 is 21.1 Å². The minimum absolute atomic E-state index is 0.0471. The van der Waals surface area contributed by atoms with E-state index in [1.54, 1.807) is 0 Å². The van der Waals surface area contributed by atoms with Crippen molar-refractivity contribution in [2.45, 2.75) is 12.2 Å². The second-order valence-corrected chi connectivity index (χ2v) is 2.61. The molecular weight excluding hydrogens is 190 g/mol. The number of aliphatic hydroxyl groups is 2. The summed E-state index contributed by atoms with van der Waals surface area (Å²) in [7, 11) is 0. The molecule has 2 unspecified atom stereocenters.